The fourth-order valence-corrected chi connectivity index (χ4v) is 3.48. The first-order valence-electron chi connectivity index (χ1n) is 7.42. The number of methoxy groups -OCH3 is 2. The van der Waals surface area contributed by atoms with E-state index in [0.717, 1.165) is 11.3 Å². The molecule has 0 unspecified atom stereocenters. The molecule has 2 rings (SSSR count). The monoisotopic (exact) mass is 393 g/mol. The smallest absolute Gasteiger partial charge is 0.348 e. The molecule has 1 aromatic carbocycles. The van der Waals surface area contributed by atoms with Crippen LogP contribution >= 0.6 is 22.9 Å². The molecule has 1 amide bonds. The highest BCUT2D eigenvalue weighted by atomic mass is 35.5. The van der Waals surface area contributed by atoms with Crippen molar-refractivity contribution in [3.63, 3.8) is 0 Å². The van der Waals surface area contributed by atoms with Crippen LogP contribution in [0.25, 0.3) is 6.08 Å². The van der Waals surface area contributed by atoms with Crippen molar-refractivity contribution < 1.29 is 23.9 Å². The number of anilines is 1. The van der Waals surface area contributed by atoms with Crippen molar-refractivity contribution in [3.8, 4) is 0 Å². The molecule has 0 fully saturated rings. The Morgan fingerprint density at radius 1 is 1.12 bits per heavy atom. The topological polar surface area (TPSA) is 81.7 Å². The first kappa shape index (κ1) is 19.7. The highest BCUT2D eigenvalue weighted by molar-refractivity contribution is 7.18. The van der Waals surface area contributed by atoms with Gasteiger partial charge in [-0.25, -0.2) is 9.59 Å². The number of nitrogens with one attached hydrogen (secondary N) is 1. The average molecular weight is 394 g/mol. The Labute approximate surface area is 159 Å². The quantitative estimate of drug-likeness (QED) is 0.614. The molecule has 0 aliphatic carbocycles. The second kappa shape index (κ2) is 8.64. The van der Waals surface area contributed by atoms with Gasteiger partial charge in [0.15, 0.2) is 0 Å². The lowest BCUT2D eigenvalue weighted by molar-refractivity contribution is -0.111. The number of carbonyl (C=O) groups excluding carboxylic acids is 3. The fourth-order valence-electron chi connectivity index (χ4n) is 2.17. The molecular weight excluding hydrogens is 378 g/mol. The minimum absolute atomic E-state index is 0.123. The lowest BCUT2D eigenvalue weighted by atomic mass is 10.1. The molecule has 0 atom stereocenters. The van der Waals surface area contributed by atoms with Gasteiger partial charge < -0.3 is 14.8 Å². The van der Waals surface area contributed by atoms with Crippen molar-refractivity contribution in [2.24, 2.45) is 0 Å². The van der Waals surface area contributed by atoms with Crippen molar-refractivity contribution in [2.45, 2.75) is 6.92 Å². The van der Waals surface area contributed by atoms with Crippen LogP contribution in [0.4, 0.5) is 5.00 Å². The minimum Gasteiger partial charge on any atom is -0.465 e. The van der Waals surface area contributed by atoms with Gasteiger partial charge in [-0.15, -0.1) is 11.3 Å². The number of ether oxygens (including phenoxy) is 2. The van der Waals surface area contributed by atoms with E-state index in [1.165, 1.54) is 20.3 Å². The Morgan fingerprint density at radius 2 is 1.77 bits per heavy atom. The SMILES string of the molecule is COC(=O)c1sc(NC(=O)C=Cc2ccccc2Cl)c(C(=O)OC)c1C. The lowest BCUT2D eigenvalue weighted by Gasteiger charge is -2.04. The summed E-state index contributed by atoms with van der Waals surface area (Å²) in [6, 6.07) is 7.05. The second-order valence-corrected chi connectivity index (χ2v) is 6.52. The summed E-state index contributed by atoms with van der Waals surface area (Å²) in [4.78, 5) is 36.3. The summed E-state index contributed by atoms with van der Waals surface area (Å²) in [5, 5.41) is 3.31. The fraction of sp³-hybridized carbons (Fsp3) is 0.167. The van der Waals surface area contributed by atoms with Gasteiger partial charge in [-0.2, -0.15) is 0 Å². The summed E-state index contributed by atoms with van der Waals surface area (Å²) in [7, 11) is 2.46. The molecule has 1 heterocycles. The van der Waals surface area contributed by atoms with E-state index in [4.69, 9.17) is 21.1 Å². The van der Waals surface area contributed by atoms with E-state index in [1.807, 2.05) is 0 Å². The Hall–Kier alpha value is -2.64. The van der Waals surface area contributed by atoms with E-state index in [9.17, 15) is 14.4 Å². The van der Waals surface area contributed by atoms with Gasteiger partial charge in [0.2, 0.25) is 5.91 Å². The van der Waals surface area contributed by atoms with Gasteiger partial charge in [0, 0.05) is 11.1 Å². The van der Waals surface area contributed by atoms with Crippen LogP contribution in [0.5, 0.6) is 0 Å². The Morgan fingerprint density at radius 3 is 2.38 bits per heavy atom. The van der Waals surface area contributed by atoms with Crippen molar-refractivity contribution in [3.05, 3.63) is 56.9 Å². The van der Waals surface area contributed by atoms with Crippen molar-refractivity contribution >= 4 is 51.9 Å². The molecule has 0 aliphatic rings. The molecule has 26 heavy (non-hydrogen) atoms. The van der Waals surface area contributed by atoms with Crippen molar-refractivity contribution in [1.29, 1.82) is 0 Å². The van der Waals surface area contributed by atoms with Crippen molar-refractivity contribution in [2.75, 3.05) is 19.5 Å². The molecule has 1 N–H and O–H groups in total. The van der Waals surface area contributed by atoms with E-state index in [-0.39, 0.29) is 15.4 Å². The summed E-state index contributed by atoms with van der Waals surface area (Å²) >= 11 is 6.98. The third-order valence-electron chi connectivity index (χ3n) is 3.46. The predicted octanol–water partition coefficient (Wildman–Crippen LogP) is 3.94. The van der Waals surface area contributed by atoms with Crippen LogP contribution in [-0.4, -0.2) is 32.1 Å². The summed E-state index contributed by atoms with van der Waals surface area (Å²) < 4.78 is 9.44. The Balaban J connectivity index is 2.30. The zero-order valence-electron chi connectivity index (χ0n) is 14.3. The van der Waals surface area contributed by atoms with E-state index in [2.05, 4.69) is 5.32 Å². The van der Waals surface area contributed by atoms with E-state index in [1.54, 1.807) is 37.3 Å². The molecule has 0 spiro atoms. The first-order chi connectivity index (χ1) is 12.4. The van der Waals surface area contributed by atoms with Crippen LogP contribution in [0.1, 0.15) is 31.2 Å². The van der Waals surface area contributed by atoms with Gasteiger partial charge in [-0.05, 0) is 30.2 Å². The number of hydrogen-bond acceptors (Lipinski definition) is 6. The van der Waals surface area contributed by atoms with Crippen molar-refractivity contribution in [1.82, 2.24) is 0 Å². The summed E-state index contributed by atoms with van der Waals surface area (Å²) in [5.74, 6) is -1.73. The number of carbonyl (C=O) groups is 3. The molecular formula is C18H16ClNO5S. The van der Waals surface area contributed by atoms with Gasteiger partial charge in [-0.1, -0.05) is 29.8 Å². The number of rotatable bonds is 5. The normalized spacial score (nSPS) is 10.6. The number of hydrogen-bond donors (Lipinski definition) is 1. The molecule has 0 bridgehead atoms. The third kappa shape index (κ3) is 4.30. The molecule has 0 saturated heterocycles. The molecule has 1 aromatic heterocycles. The maximum absolute atomic E-state index is 12.2. The van der Waals surface area contributed by atoms with E-state index < -0.39 is 17.8 Å². The third-order valence-corrected chi connectivity index (χ3v) is 4.99. The molecule has 6 nitrogen and oxygen atoms in total. The largest absolute Gasteiger partial charge is 0.465 e. The maximum Gasteiger partial charge on any atom is 0.348 e. The maximum atomic E-state index is 12.2. The Bertz CT molecular complexity index is 888. The van der Waals surface area contributed by atoms with E-state index >= 15 is 0 Å². The van der Waals surface area contributed by atoms with Crippen LogP contribution in [-0.2, 0) is 14.3 Å². The zero-order valence-corrected chi connectivity index (χ0v) is 15.9. The minimum atomic E-state index is -0.653. The van der Waals surface area contributed by atoms with Crippen LogP contribution in [0.2, 0.25) is 5.02 Å². The van der Waals surface area contributed by atoms with Gasteiger partial charge in [-0.3, -0.25) is 4.79 Å². The highest BCUT2D eigenvalue weighted by Crippen LogP contribution is 2.34. The van der Waals surface area contributed by atoms with Crippen LogP contribution in [0.3, 0.4) is 0 Å². The molecule has 0 saturated carbocycles. The van der Waals surface area contributed by atoms with E-state index in [0.29, 0.717) is 16.1 Å². The summed E-state index contributed by atoms with van der Waals surface area (Å²) in [6.45, 7) is 1.59. The first-order valence-corrected chi connectivity index (χ1v) is 8.62. The standard InChI is InChI=1S/C18H16ClNO5S/c1-10-14(17(22)24-2)16(26-15(10)18(23)25-3)20-13(21)9-8-11-6-4-5-7-12(11)19/h4-9H,1-3H3,(H,20,21). The number of benzene rings is 1. The number of thiophene rings is 1. The zero-order chi connectivity index (χ0) is 19.3. The molecule has 8 heteroatoms. The van der Waals surface area contributed by atoms with Crippen LogP contribution in [0.15, 0.2) is 30.3 Å². The molecule has 0 aliphatic heterocycles. The highest BCUT2D eigenvalue weighted by Gasteiger charge is 2.26. The number of amides is 1. The van der Waals surface area contributed by atoms with Crippen LogP contribution in [0, 0.1) is 6.92 Å². The van der Waals surface area contributed by atoms with Gasteiger partial charge >= 0.3 is 11.9 Å². The molecule has 136 valence electrons. The lowest BCUT2D eigenvalue weighted by Crippen LogP contribution is -2.11. The number of esters is 2. The second-order valence-electron chi connectivity index (χ2n) is 5.09. The predicted molar refractivity (Wildman–Crippen MR) is 101 cm³/mol. The Kier molecular flexibility index (Phi) is 6.54. The summed E-state index contributed by atoms with van der Waals surface area (Å²) in [6.07, 6.45) is 2.84. The molecule has 0 radical (unpaired) electrons. The summed E-state index contributed by atoms with van der Waals surface area (Å²) in [5.41, 5.74) is 1.19. The molecule has 2 aromatic rings. The van der Waals surface area contributed by atoms with Gasteiger partial charge in [0.25, 0.3) is 0 Å². The van der Waals surface area contributed by atoms with Crippen LogP contribution < -0.4 is 5.32 Å². The number of halogens is 1. The van der Waals surface area contributed by atoms with Gasteiger partial charge in [0.1, 0.15) is 9.88 Å². The van der Waals surface area contributed by atoms with Gasteiger partial charge in [0.05, 0.1) is 19.8 Å². The average Bonchev–Trinajstić information content (AvgIpc) is 2.95.